The topological polar surface area (TPSA) is 0 Å². The quantitative estimate of drug-likeness (QED) is 0.647. The maximum Gasteiger partial charge on any atom is 0.0470 e. The van der Waals surface area contributed by atoms with Gasteiger partial charge in [0.25, 0.3) is 0 Å². The Labute approximate surface area is 98.2 Å². The summed E-state index contributed by atoms with van der Waals surface area (Å²) in [5.74, 6) is 0. The van der Waals surface area contributed by atoms with Crippen molar-refractivity contribution in [3.8, 4) is 0 Å². The lowest BCUT2D eigenvalue weighted by molar-refractivity contribution is 0.792. The third-order valence-corrected chi connectivity index (χ3v) is 2.88. The van der Waals surface area contributed by atoms with Gasteiger partial charge in [-0.3, -0.25) is 0 Å². The van der Waals surface area contributed by atoms with E-state index in [0.29, 0.717) is 0 Å². The van der Waals surface area contributed by atoms with Crippen molar-refractivity contribution in [1.29, 1.82) is 0 Å². The first-order valence-corrected chi connectivity index (χ1v) is 5.89. The van der Waals surface area contributed by atoms with E-state index < -0.39 is 0 Å². The van der Waals surface area contributed by atoms with E-state index in [0.717, 1.165) is 17.9 Å². The lowest BCUT2D eigenvalue weighted by Crippen LogP contribution is -1.97. The van der Waals surface area contributed by atoms with Crippen LogP contribution in [0.4, 0.5) is 0 Å². The lowest BCUT2D eigenvalue weighted by Gasteiger charge is -2.16. The van der Waals surface area contributed by atoms with Crippen LogP contribution in [0.5, 0.6) is 0 Å². The molecule has 70 valence electrons. The smallest absolute Gasteiger partial charge is 0.0470 e. The minimum absolute atomic E-state index is 0.916. The fraction of sp³-hybridized carbons (Fsp3) is 0.273. The van der Waals surface area contributed by atoms with Crippen molar-refractivity contribution in [1.82, 2.24) is 0 Å². The predicted molar refractivity (Wildman–Crippen MR) is 68.2 cm³/mol. The molecule has 0 spiro atoms. The van der Waals surface area contributed by atoms with E-state index in [1.165, 1.54) is 17.6 Å². The summed E-state index contributed by atoms with van der Waals surface area (Å²) in [4.78, 5) is 0. The number of rotatable bonds is 2. The monoisotopic (exact) mass is 306 g/mol. The number of allylic oxidation sites excluding steroid dienone is 6. The first-order chi connectivity index (χ1) is 6.29. The Morgan fingerprint density at radius 1 is 1.38 bits per heavy atom. The summed E-state index contributed by atoms with van der Waals surface area (Å²) in [6, 6.07) is 0. The Kier molecular flexibility index (Phi) is 4.81. The summed E-state index contributed by atoms with van der Waals surface area (Å²) in [5.41, 5.74) is 2.46. The number of hydrogen-bond donors (Lipinski definition) is 0. The van der Waals surface area contributed by atoms with Crippen LogP contribution in [0.1, 0.15) is 19.3 Å². The molecular weight excluding hydrogens is 294 g/mol. The Morgan fingerprint density at radius 2 is 2.15 bits per heavy atom. The molecule has 0 atom stereocenters. The molecule has 0 aromatic heterocycles. The van der Waals surface area contributed by atoms with Crippen molar-refractivity contribution in [2.75, 3.05) is 0 Å². The summed E-state index contributed by atoms with van der Waals surface area (Å²) in [6.45, 7) is 3.68. The van der Waals surface area contributed by atoms with Gasteiger partial charge < -0.3 is 0 Å². The Bertz CT molecular complexity index is 284. The van der Waals surface area contributed by atoms with Gasteiger partial charge in [-0.1, -0.05) is 59.0 Å². The Balaban J connectivity index is 2.98. The molecule has 0 bridgehead atoms. The van der Waals surface area contributed by atoms with Crippen molar-refractivity contribution >= 4 is 34.2 Å². The van der Waals surface area contributed by atoms with Gasteiger partial charge in [0.1, 0.15) is 0 Å². The SMILES string of the molecule is C=CC=C1CCCC(/C=C/I)=C1Cl. The second kappa shape index (κ2) is 5.66. The molecule has 1 aliphatic carbocycles. The lowest BCUT2D eigenvalue weighted by atomic mass is 9.95. The molecule has 0 amide bonds. The van der Waals surface area contributed by atoms with Crippen molar-refractivity contribution in [2.24, 2.45) is 0 Å². The molecule has 0 unspecified atom stereocenters. The first kappa shape index (κ1) is 11.1. The molecule has 0 aliphatic heterocycles. The van der Waals surface area contributed by atoms with E-state index in [2.05, 4.69) is 35.2 Å². The number of hydrogen-bond acceptors (Lipinski definition) is 0. The van der Waals surface area contributed by atoms with Crippen LogP contribution in [0.15, 0.2) is 45.1 Å². The second-order valence-corrected chi connectivity index (χ2v) is 4.01. The van der Waals surface area contributed by atoms with E-state index in [9.17, 15) is 0 Å². The van der Waals surface area contributed by atoms with Crippen molar-refractivity contribution in [2.45, 2.75) is 19.3 Å². The molecule has 1 rings (SSSR count). The van der Waals surface area contributed by atoms with E-state index in [-0.39, 0.29) is 0 Å². The van der Waals surface area contributed by atoms with Crippen LogP contribution in [-0.2, 0) is 0 Å². The highest BCUT2D eigenvalue weighted by atomic mass is 127. The van der Waals surface area contributed by atoms with E-state index in [1.807, 2.05) is 10.2 Å². The third kappa shape index (κ3) is 2.99. The highest BCUT2D eigenvalue weighted by Gasteiger charge is 2.12. The fourth-order valence-corrected chi connectivity index (χ4v) is 2.18. The second-order valence-electron chi connectivity index (χ2n) is 2.91. The van der Waals surface area contributed by atoms with Gasteiger partial charge in [0, 0.05) is 5.03 Å². The Hall–Kier alpha value is -0.0200. The van der Waals surface area contributed by atoms with E-state index >= 15 is 0 Å². The van der Waals surface area contributed by atoms with Crippen LogP contribution in [0.25, 0.3) is 0 Å². The molecular formula is C11H12ClI. The van der Waals surface area contributed by atoms with Crippen molar-refractivity contribution in [3.63, 3.8) is 0 Å². The molecule has 1 aliphatic rings. The summed E-state index contributed by atoms with van der Waals surface area (Å²) in [5, 5.41) is 0.916. The molecule has 0 aromatic rings. The van der Waals surface area contributed by atoms with Gasteiger partial charge in [-0.15, -0.1) is 0 Å². The zero-order valence-electron chi connectivity index (χ0n) is 7.39. The zero-order valence-corrected chi connectivity index (χ0v) is 10.3. The van der Waals surface area contributed by atoms with Crippen molar-refractivity contribution < 1.29 is 0 Å². The fourth-order valence-electron chi connectivity index (χ4n) is 1.43. The van der Waals surface area contributed by atoms with Crippen LogP contribution < -0.4 is 0 Å². The summed E-state index contributed by atoms with van der Waals surface area (Å²) < 4.78 is 2.01. The maximum atomic E-state index is 6.22. The molecule has 0 saturated heterocycles. The van der Waals surface area contributed by atoms with E-state index in [4.69, 9.17) is 11.6 Å². The summed E-state index contributed by atoms with van der Waals surface area (Å²) >= 11 is 8.43. The molecule has 13 heavy (non-hydrogen) atoms. The summed E-state index contributed by atoms with van der Waals surface area (Å²) in [6.07, 6.45) is 9.23. The van der Waals surface area contributed by atoms with Crippen LogP contribution in [0, 0.1) is 0 Å². The van der Waals surface area contributed by atoms with Gasteiger partial charge in [-0.05, 0) is 34.5 Å². The van der Waals surface area contributed by atoms with Crippen LogP contribution in [0.2, 0.25) is 0 Å². The third-order valence-electron chi connectivity index (χ3n) is 2.04. The largest absolute Gasteiger partial charge is 0.0991 e. The molecule has 0 heterocycles. The first-order valence-electron chi connectivity index (χ1n) is 4.27. The minimum Gasteiger partial charge on any atom is -0.0991 e. The molecule has 0 radical (unpaired) electrons. The summed E-state index contributed by atoms with van der Waals surface area (Å²) in [7, 11) is 0. The average molecular weight is 307 g/mol. The predicted octanol–water partition coefficient (Wildman–Crippen LogP) is 4.72. The standard InChI is InChI=1S/C11H12ClI/c1-2-4-9-5-3-6-10(7-8-13)11(9)12/h2,4,7-8H,1,3,5-6H2/b8-7+,9-4?. The van der Waals surface area contributed by atoms with E-state index in [1.54, 1.807) is 6.08 Å². The highest BCUT2D eigenvalue weighted by Crippen LogP contribution is 2.33. The van der Waals surface area contributed by atoms with Gasteiger partial charge in [0.05, 0.1) is 0 Å². The highest BCUT2D eigenvalue weighted by molar-refractivity contribution is 14.1. The normalized spacial score (nSPS) is 21.5. The minimum atomic E-state index is 0.916. The average Bonchev–Trinajstić information content (AvgIpc) is 2.13. The van der Waals surface area contributed by atoms with Crippen molar-refractivity contribution in [3.05, 3.63) is 45.1 Å². The van der Waals surface area contributed by atoms with Gasteiger partial charge in [-0.25, -0.2) is 0 Å². The molecule has 0 nitrogen and oxygen atoms in total. The molecule has 0 saturated carbocycles. The van der Waals surface area contributed by atoms with Gasteiger partial charge in [0.2, 0.25) is 0 Å². The molecule has 0 fully saturated rings. The van der Waals surface area contributed by atoms with Crippen LogP contribution in [-0.4, -0.2) is 0 Å². The van der Waals surface area contributed by atoms with Gasteiger partial charge in [0.15, 0.2) is 0 Å². The van der Waals surface area contributed by atoms with Gasteiger partial charge in [-0.2, -0.15) is 0 Å². The Morgan fingerprint density at radius 3 is 2.77 bits per heavy atom. The van der Waals surface area contributed by atoms with Crippen LogP contribution >= 0.6 is 34.2 Å². The number of halogens is 2. The molecule has 0 aromatic carbocycles. The van der Waals surface area contributed by atoms with Crippen LogP contribution in [0.3, 0.4) is 0 Å². The molecule has 0 N–H and O–H groups in total. The zero-order chi connectivity index (χ0) is 9.68. The van der Waals surface area contributed by atoms with Gasteiger partial charge >= 0.3 is 0 Å². The molecule has 2 heteroatoms. The maximum absolute atomic E-state index is 6.22.